The number of alkyl carbamates (subject to hydrolysis) is 1. The minimum Gasteiger partial charge on any atom is -0.453 e. The third-order valence-electron chi connectivity index (χ3n) is 3.83. The summed E-state index contributed by atoms with van der Waals surface area (Å²) in [6.07, 6.45) is 0.655. The van der Waals surface area contributed by atoms with Gasteiger partial charge in [-0.15, -0.1) is 0 Å². The summed E-state index contributed by atoms with van der Waals surface area (Å²) in [6, 6.07) is 2.78. The van der Waals surface area contributed by atoms with Crippen LogP contribution in [0.2, 0.25) is 0 Å². The molecule has 29 heavy (non-hydrogen) atoms. The molecule has 0 aliphatic heterocycles. The first-order valence-electron chi connectivity index (χ1n) is 8.80. The first-order valence-corrected chi connectivity index (χ1v) is 10.7. The van der Waals surface area contributed by atoms with Crippen LogP contribution in [0.15, 0.2) is 23.1 Å². The van der Waals surface area contributed by atoms with Crippen molar-refractivity contribution in [2.75, 3.05) is 31.8 Å². The molecule has 0 spiro atoms. The molecule has 1 unspecified atom stereocenters. The van der Waals surface area contributed by atoms with Gasteiger partial charge < -0.3 is 20.7 Å². The Morgan fingerprint density at radius 2 is 1.90 bits per heavy atom. The predicted octanol–water partition coefficient (Wildman–Crippen LogP) is 1.30. The summed E-state index contributed by atoms with van der Waals surface area (Å²) in [7, 11) is -2.38. The number of methoxy groups -OCH3 is 1. The summed E-state index contributed by atoms with van der Waals surface area (Å²) in [5.41, 5.74) is -0.257. The van der Waals surface area contributed by atoms with Gasteiger partial charge in [0, 0.05) is 25.4 Å². The van der Waals surface area contributed by atoms with Crippen LogP contribution in [0, 0.1) is 16.0 Å². The molecule has 2 amide bonds. The molecule has 1 aromatic rings. The maximum Gasteiger partial charge on any atom is 0.407 e. The van der Waals surface area contributed by atoms with Crippen LogP contribution in [0.25, 0.3) is 0 Å². The molecule has 11 nitrogen and oxygen atoms in total. The number of benzene rings is 1. The highest BCUT2D eigenvalue weighted by Gasteiger charge is 2.22. The van der Waals surface area contributed by atoms with E-state index in [2.05, 4.69) is 20.7 Å². The van der Waals surface area contributed by atoms with Crippen LogP contribution in [-0.2, 0) is 19.4 Å². The largest absolute Gasteiger partial charge is 0.453 e. The number of nitrogens with zero attached hydrogens (tertiary/aromatic N) is 1. The molecule has 0 aromatic heterocycles. The van der Waals surface area contributed by atoms with Gasteiger partial charge in [0.2, 0.25) is 5.91 Å². The standard InChI is InChI=1S/C17H26N4O7S/c1-11(2)9-14(20-17(23)28-3)16(22)19-8-7-18-13-6-5-12(29(4,26)27)10-15(13)21(24)25/h5-6,10-11,14,18H,7-9H2,1-4H3,(H,19,22)(H,20,23). The van der Waals surface area contributed by atoms with Crippen molar-refractivity contribution in [3.05, 3.63) is 28.3 Å². The second-order valence-corrected chi connectivity index (χ2v) is 8.76. The lowest BCUT2D eigenvalue weighted by atomic mass is 10.0. The van der Waals surface area contributed by atoms with Crippen molar-refractivity contribution >= 4 is 33.2 Å². The average Bonchev–Trinajstić information content (AvgIpc) is 2.62. The van der Waals surface area contributed by atoms with Crippen LogP contribution in [-0.4, -0.2) is 57.8 Å². The van der Waals surface area contributed by atoms with Gasteiger partial charge in [0.05, 0.1) is 16.9 Å². The predicted molar refractivity (Wildman–Crippen MR) is 106 cm³/mol. The normalized spacial score (nSPS) is 12.2. The fourth-order valence-electron chi connectivity index (χ4n) is 2.45. The maximum atomic E-state index is 12.3. The Morgan fingerprint density at radius 3 is 2.41 bits per heavy atom. The molecule has 162 valence electrons. The molecule has 0 saturated heterocycles. The van der Waals surface area contributed by atoms with E-state index in [1.807, 2.05) is 13.8 Å². The van der Waals surface area contributed by atoms with Crippen molar-refractivity contribution in [3.63, 3.8) is 0 Å². The molecule has 0 bridgehead atoms. The molecule has 3 N–H and O–H groups in total. The summed E-state index contributed by atoms with van der Waals surface area (Å²) in [5.74, 6) is -0.259. The van der Waals surface area contributed by atoms with Crippen molar-refractivity contribution in [1.82, 2.24) is 10.6 Å². The number of amides is 2. The van der Waals surface area contributed by atoms with E-state index >= 15 is 0 Å². The summed E-state index contributed by atoms with van der Waals surface area (Å²) >= 11 is 0. The highest BCUT2D eigenvalue weighted by Crippen LogP contribution is 2.27. The van der Waals surface area contributed by atoms with E-state index < -0.39 is 32.8 Å². The van der Waals surface area contributed by atoms with E-state index in [1.54, 1.807) is 0 Å². The Bertz CT molecular complexity index is 855. The molecule has 0 saturated carbocycles. The van der Waals surface area contributed by atoms with Crippen molar-refractivity contribution in [1.29, 1.82) is 0 Å². The first-order chi connectivity index (χ1) is 13.5. The van der Waals surface area contributed by atoms with Crippen molar-refractivity contribution in [2.24, 2.45) is 5.92 Å². The van der Waals surface area contributed by atoms with Crippen molar-refractivity contribution in [2.45, 2.75) is 31.2 Å². The number of nitrogens with one attached hydrogen (secondary N) is 3. The Balaban J connectivity index is 2.71. The van der Waals surface area contributed by atoms with Gasteiger partial charge in [-0.05, 0) is 24.5 Å². The molecular formula is C17H26N4O7S. The van der Waals surface area contributed by atoms with Crippen molar-refractivity contribution < 1.29 is 27.7 Å². The monoisotopic (exact) mass is 430 g/mol. The van der Waals surface area contributed by atoms with E-state index in [0.717, 1.165) is 12.3 Å². The number of carbonyl (C=O) groups is 2. The Kier molecular flexibility index (Phi) is 8.83. The fraction of sp³-hybridized carbons (Fsp3) is 0.529. The van der Waals surface area contributed by atoms with Gasteiger partial charge in [0.15, 0.2) is 9.84 Å². The molecule has 0 radical (unpaired) electrons. The van der Waals surface area contributed by atoms with E-state index in [4.69, 9.17) is 0 Å². The third-order valence-corrected chi connectivity index (χ3v) is 4.95. The van der Waals surface area contributed by atoms with Crippen LogP contribution in [0.1, 0.15) is 20.3 Å². The number of nitro groups is 1. The molecule has 1 rings (SSSR count). The van der Waals surface area contributed by atoms with Gasteiger partial charge >= 0.3 is 6.09 Å². The van der Waals surface area contributed by atoms with Gasteiger partial charge in [-0.1, -0.05) is 13.8 Å². The first kappa shape index (κ1) is 24.1. The minimum atomic E-state index is -3.58. The summed E-state index contributed by atoms with van der Waals surface area (Å²) in [4.78, 5) is 34.0. The zero-order valence-corrected chi connectivity index (χ0v) is 17.5. The molecule has 12 heteroatoms. The van der Waals surface area contributed by atoms with Crippen LogP contribution in [0.5, 0.6) is 0 Å². The van der Waals surface area contributed by atoms with Gasteiger partial charge in [-0.3, -0.25) is 14.9 Å². The second kappa shape index (κ2) is 10.6. The lowest BCUT2D eigenvalue weighted by molar-refractivity contribution is -0.384. The minimum absolute atomic E-state index is 0.126. The van der Waals surface area contributed by atoms with E-state index in [-0.39, 0.29) is 35.3 Å². The van der Waals surface area contributed by atoms with Crippen LogP contribution in [0.3, 0.4) is 0 Å². The van der Waals surface area contributed by atoms with Gasteiger partial charge in [0.1, 0.15) is 11.7 Å². The number of carbonyl (C=O) groups excluding carboxylic acids is 2. The lowest BCUT2D eigenvalue weighted by Gasteiger charge is -2.19. The summed E-state index contributed by atoms with van der Waals surface area (Å²) in [6.45, 7) is 4.08. The number of rotatable bonds is 10. The summed E-state index contributed by atoms with van der Waals surface area (Å²) in [5, 5.41) is 19.1. The van der Waals surface area contributed by atoms with E-state index in [9.17, 15) is 28.1 Å². The second-order valence-electron chi connectivity index (χ2n) is 6.74. The third kappa shape index (κ3) is 7.94. The van der Waals surface area contributed by atoms with Gasteiger partial charge in [-0.2, -0.15) is 0 Å². The average molecular weight is 430 g/mol. The van der Waals surface area contributed by atoms with Gasteiger partial charge in [0.25, 0.3) is 5.69 Å². The molecular weight excluding hydrogens is 404 g/mol. The molecule has 1 atom stereocenters. The number of nitro benzene ring substituents is 1. The Hall–Kier alpha value is -2.89. The maximum absolute atomic E-state index is 12.3. The number of ether oxygens (including phenoxy) is 1. The molecule has 0 aliphatic carbocycles. The van der Waals surface area contributed by atoms with Gasteiger partial charge in [-0.25, -0.2) is 13.2 Å². The van der Waals surface area contributed by atoms with Crippen LogP contribution >= 0.6 is 0 Å². The fourth-order valence-corrected chi connectivity index (χ4v) is 3.09. The Labute approximate surface area is 169 Å². The SMILES string of the molecule is COC(=O)NC(CC(C)C)C(=O)NCCNc1ccc(S(C)(=O)=O)cc1[N+](=O)[O-]. The summed E-state index contributed by atoms with van der Waals surface area (Å²) < 4.78 is 27.6. The smallest absolute Gasteiger partial charge is 0.407 e. The van der Waals surface area contributed by atoms with Crippen LogP contribution < -0.4 is 16.0 Å². The van der Waals surface area contributed by atoms with E-state index in [1.165, 1.54) is 19.2 Å². The quantitative estimate of drug-likeness (QED) is 0.285. The number of hydrogen-bond donors (Lipinski definition) is 3. The number of hydrogen-bond acceptors (Lipinski definition) is 8. The Morgan fingerprint density at radius 1 is 1.24 bits per heavy atom. The molecule has 0 aliphatic rings. The zero-order chi connectivity index (χ0) is 22.2. The topological polar surface area (TPSA) is 157 Å². The lowest BCUT2D eigenvalue weighted by Crippen LogP contribution is -2.48. The molecule has 0 heterocycles. The highest BCUT2D eigenvalue weighted by atomic mass is 32.2. The number of anilines is 1. The molecule has 0 fully saturated rings. The van der Waals surface area contributed by atoms with E-state index in [0.29, 0.717) is 6.42 Å². The zero-order valence-electron chi connectivity index (χ0n) is 16.7. The molecule has 1 aromatic carbocycles. The van der Waals surface area contributed by atoms with Crippen molar-refractivity contribution in [3.8, 4) is 0 Å². The van der Waals surface area contributed by atoms with Crippen LogP contribution in [0.4, 0.5) is 16.2 Å². The highest BCUT2D eigenvalue weighted by molar-refractivity contribution is 7.90. The number of sulfone groups is 1.